The molecule has 3 heterocycles. The number of benzene rings is 2. The molecule has 1 aliphatic rings. The van der Waals surface area contributed by atoms with Crippen LogP contribution in [0.5, 0.6) is 0 Å². The van der Waals surface area contributed by atoms with Crippen molar-refractivity contribution in [3.63, 3.8) is 0 Å². The molecule has 1 fully saturated rings. The number of ether oxygens (including phenoxy) is 1. The second-order valence-electron chi connectivity index (χ2n) is 7.85. The van der Waals surface area contributed by atoms with Crippen LogP contribution in [-0.4, -0.2) is 45.6 Å². The Kier molecular flexibility index (Phi) is 5.48. The second kappa shape index (κ2) is 8.42. The summed E-state index contributed by atoms with van der Waals surface area (Å²) >= 11 is 1.61. The van der Waals surface area contributed by atoms with Gasteiger partial charge < -0.3 is 14.8 Å². The normalized spacial score (nSPS) is 19.2. The first-order valence-electron chi connectivity index (χ1n) is 10.3. The van der Waals surface area contributed by atoms with Crippen LogP contribution in [0.4, 0.5) is 0 Å². The monoisotopic (exact) mass is 433 g/mol. The van der Waals surface area contributed by atoms with Crippen molar-refractivity contribution in [3.8, 4) is 0 Å². The Bertz CT molecular complexity index is 1300. The summed E-state index contributed by atoms with van der Waals surface area (Å²) < 4.78 is 5.33. The third kappa shape index (κ3) is 3.84. The first-order chi connectivity index (χ1) is 15.1. The van der Waals surface area contributed by atoms with Gasteiger partial charge in [0.15, 0.2) is 0 Å². The lowest BCUT2D eigenvalue weighted by Gasteiger charge is -2.27. The van der Waals surface area contributed by atoms with Crippen LogP contribution in [0.3, 0.4) is 0 Å². The Morgan fingerprint density at radius 2 is 2.03 bits per heavy atom. The number of aliphatic hydroxyl groups is 1. The third-order valence-corrected chi connectivity index (χ3v) is 6.56. The zero-order valence-corrected chi connectivity index (χ0v) is 18.0. The number of nitrogens with zero attached hydrogens (tertiary/aromatic N) is 2. The fraction of sp³-hybridized carbons (Fsp3) is 0.292. The molecule has 4 aromatic rings. The lowest BCUT2D eigenvalue weighted by molar-refractivity contribution is -0.0223. The standard InChI is InChI=1S/C24H23N3O3S/c1-31-21-7-6-14(12-25-21)10-15-11-19-22(17-5-3-2-4-16(15)17)26-23(27-24(19)29)18-8-9-30-13-20(18)28/h2-7,11-12,18,20,28H,8-10,13H2,1H3,(H,26,27,29)/t18-,20+/m1/s1. The molecule has 31 heavy (non-hydrogen) atoms. The molecule has 0 aliphatic carbocycles. The predicted molar refractivity (Wildman–Crippen MR) is 123 cm³/mol. The molecule has 6 nitrogen and oxygen atoms in total. The van der Waals surface area contributed by atoms with Crippen LogP contribution in [0.15, 0.2) is 58.5 Å². The number of hydrogen-bond acceptors (Lipinski definition) is 6. The van der Waals surface area contributed by atoms with Crippen LogP contribution in [0.2, 0.25) is 0 Å². The second-order valence-corrected chi connectivity index (χ2v) is 8.68. The van der Waals surface area contributed by atoms with Crippen molar-refractivity contribution >= 4 is 33.4 Å². The van der Waals surface area contributed by atoms with E-state index in [9.17, 15) is 9.90 Å². The molecule has 2 atom stereocenters. The minimum absolute atomic E-state index is 0.179. The fourth-order valence-corrected chi connectivity index (χ4v) is 4.64. The van der Waals surface area contributed by atoms with E-state index in [1.807, 2.05) is 42.8 Å². The smallest absolute Gasteiger partial charge is 0.258 e. The largest absolute Gasteiger partial charge is 0.390 e. The Labute approximate surface area is 183 Å². The molecule has 158 valence electrons. The molecule has 0 amide bonds. The van der Waals surface area contributed by atoms with Crippen LogP contribution in [-0.2, 0) is 11.2 Å². The first-order valence-corrected chi connectivity index (χ1v) is 11.6. The van der Waals surface area contributed by atoms with Crippen molar-refractivity contribution in [2.24, 2.45) is 0 Å². The molecule has 2 aromatic carbocycles. The Morgan fingerprint density at radius 1 is 1.19 bits per heavy atom. The lowest BCUT2D eigenvalue weighted by atomic mass is 9.94. The summed E-state index contributed by atoms with van der Waals surface area (Å²) in [6, 6.07) is 14.1. The van der Waals surface area contributed by atoms with Gasteiger partial charge in [-0.15, -0.1) is 11.8 Å². The highest BCUT2D eigenvalue weighted by Gasteiger charge is 2.28. The van der Waals surface area contributed by atoms with E-state index in [0.717, 1.165) is 26.9 Å². The average molecular weight is 434 g/mol. The van der Waals surface area contributed by atoms with Crippen molar-refractivity contribution in [2.45, 2.75) is 29.9 Å². The number of hydrogen-bond donors (Lipinski definition) is 2. The maximum atomic E-state index is 13.1. The fourth-order valence-electron chi connectivity index (χ4n) is 4.28. The molecule has 2 N–H and O–H groups in total. The number of thioether (sulfide) groups is 1. The number of aromatic nitrogens is 3. The van der Waals surface area contributed by atoms with Crippen LogP contribution in [0.1, 0.15) is 29.3 Å². The Morgan fingerprint density at radius 3 is 2.77 bits per heavy atom. The summed E-state index contributed by atoms with van der Waals surface area (Å²) in [5, 5.41) is 13.9. The number of fused-ring (bicyclic) bond motifs is 3. The lowest BCUT2D eigenvalue weighted by Crippen LogP contribution is -2.32. The highest BCUT2D eigenvalue weighted by atomic mass is 32.2. The van der Waals surface area contributed by atoms with Crippen LogP contribution in [0.25, 0.3) is 21.7 Å². The van der Waals surface area contributed by atoms with E-state index in [2.05, 4.69) is 22.1 Å². The third-order valence-electron chi connectivity index (χ3n) is 5.90. The maximum absolute atomic E-state index is 13.1. The van der Waals surface area contributed by atoms with Gasteiger partial charge in [-0.1, -0.05) is 30.3 Å². The molecule has 0 bridgehead atoms. The first kappa shape index (κ1) is 20.2. The van der Waals surface area contributed by atoms with E-state index in [-0.39, 0.29) is 18.1 Å². The predicted octanol–water partition coefficient (Wildman–Crippen LogP) is 3.65. The van der Waals surface area contributed by atoms with Crippen LogP contribution in [0, 0.1) is 0 Å². The average Bonchev–Trinajstić information content (AvgIpc) is 2.80. The highest BCUT2D eigenvalue weighted by molar-refractivity contribution is 7.98. The number of nitrogens with one attached hydrogen (secondary N) is 1. The van der Waals surface area contributed by atoms with Crippen molar-refractivity contribution in [3.05, 3.63) is 76.0 Å². The molecular weight excluding hydrogens is 410 g/mol. The SMILES string of the molecule is CSc1ccc(Cc2cc3c(=O)[nH]c([C@@H]4CCOC[C@@H]4O)nc3c3ccccc23)cn1. The number of H-pyrrole nitrogens is 1. The summed E-state index contributed by atoms with van der Waals surface area (Å²) in [6.07, 6.45) is 4.54. The Balaban J connectivity index is 1.65. The molecule has 7 heteroatoms. The minimum Gasteiger partial charge on any atom is -0.390 e. The molecule has 0 radical (unpaired) electrons. The quantitative estimate of drug-likeness (QED) is 0.377. The number of rotatable bonds is 4. The topological polar surface area (TPSA) is 88.1 Å². The van der Waals surface area contributed by atoms with Gasteiger partial charge in [-0.3, -0.25) is 4.79 Å². The van der Waals surface area contributed by atoms with E-state index in [1.54, 1.807) is 11.8 Å². The summed E-state index contributed by atoms with van der Waals surface area (Å²) in [6.45, 7) is 0.808. The number of aromatic amines is 1. The van der Waals surface area contributed by atoms with Crippen LogP contribution < -0.4 is 5.56 Å². The molecule has 1 aliphatic heterocycles. The van der Waals surface area contributed by atoms with Crippen molar-refractivity contribution < 1.29 is 9.84 Å². The van der Waals surface area contributed by atoms with Gasteiger partial charge in [0.25, 0.3) is 5.56 Å². The van der Waals surface area contributed by atoms with E-state index >= 15 is 0 Å². The van der Waals surface area contributed by atoms with Gasteiger partial charge in [0.2, 0.25) is 0 Å². The van der Waals surface area contributed by atoms with E-state index in [4.69, 9.17) is 9.72 Å². The van der Waals surface area contributed by atoms with Gasteiger partial charge in [0.1, 0.15) is 5.82 Å². The maximum Gasteiger partial charge on any atom is 0.258 e. The van der Waals surface area contributed by atoms with E-state index in [0.29, 0.717) is 36.2 Å². The minimum atomic E-state index is -0.670. The molecule has 0 unspecified atom stereocenters. The van der Waals surface area contributed by atoms with Crippen LogP contribution >= 0.6 is 11.8 Å². The van der Waals surface area contributed by atoms with Gasteiger partial charge in [-0.05, 0) is 47.7 Å². The molecule has 2 aromatic heterocycles. The van der Waals surface area contributed by atoms with Gasteiger partial charge >= 0.3 is 0 Å². The Hall–Kier alpha value is -2.74. The highest BCUT2D eigenvalue weighted by Crippen LogP contribution is 2.30. The summed E-state index contributed by atoms with van der Waals surface area (Å²) in [5.74, 6) is 0.299. The zero-order valence-electron chi connectivity index (χ0n) is 17.2. The van der Waals surface area contributed by atoms with E-state index in [1.165, 1.54) is 0 Å². The van der Waals surface area contributed by atoms with Crippen molar-refractivity contribution in [1.82, 2.24) is 15.0 Å². The summed E-state index contributed by atoms with van der Waals surface area (Å²) in [5.41, 5.74) is 2.65. The number of pyridine rings is 1. The molecule has 0 saturated carbocycles. The van der Waals surface area contributed by atoms with E-state index < -0.39 is 6.10 Å². The van der Waals surface area contributed by atoms with Crippen molar-refractivity contribution in [1.29, 1.82) is 0 Å². The molecule has 1 saturated heterocycles. The van der Waals surface area contributed by atoms with Gasteiger partial charge in [0.05, 0.1) is 28.6 Å². The van der Waals surface area contributed by atoms with Gasteiger partial charge in [-0.25, -0.2) is 9.97 Å². The summed E-state index contributed by atoms with van der Waals surface area (Å²) in [7, 11) is 0. The molecule has 5 rings (SSSR count). The zero-order chi connectivity index (χ0) is 21.4. The molecule has 0 spiro atoms. The van der Waals surface area contributed by atoms with Gasteiger partial charge in [0, 0.05) is 24.1 Å². The van der Waals surface area contributed by atoms with Crippen molar-refractivity contribution in [2.75, 3.05) is 19.5 Å². The number of aliphatic hydroxyl groups excluding tert-OH is 1. The van der Waals surface area contributed by atoms with Gasteiger partial charge in [-0.2, -0.15) is 0 Å². The molecular formula is C24H23N3O3S. The summed E-state index contributed by atoms with van der Waals surface area (Å²) in [4.78, 5) is 25.3.